The number of urea groups is 1. The number of primary amides is 1. The second-order valence-electron chi connectivity index (χ2n) is 5.84. The number of carbonyl (C=O) groups is 3. The molecule has 0 saturated carbocycles. The molecule has 2 aromatic rings. The van der Waals surface area contributed by atoms with Gasteiger partial charge in [-0.25, -0.2) is 18.0 Å². The summed E-state index contributed by atoms with van der Waals surface area (Å²) >= 11 is 0. The number of ether oxygens (including phenoxy) is 1. The fourth-order valence-corrected chi connectivity index (χ4v) is 2.98. The molecule has 3 amide bonds. The van der Waals surface area contributed by atoms with Crippen LogP contribution in [0.1, 0.15) is 22.8 Å². The number of nitrogens with one attached hydrogen (secondary N) is 2. The van der Waals surface area contributed by atoms with E-state index in [1.807, 2.05) is 6.07 Å². The molecule has 29 heavy (non-hydrogen) atoms. The maximum absolute atomic E-state index is 12.1. The van der Waals surface area contributed by atoms with Gasteiger partial charge in [0.1, 0.15) is 0 Å². The van der Waals surface area contributed by atoms with Gasteiger partial charge in [-0.15, -0.1) is 0 Å². The zero-order chi connectivity index (χ0) is 21.4. The molecule has 0 aliphatic rings. The fraction of sp³-hybridized carbons (Fsp3) is 0.105. The van der Waals surface area contributed by atoms with Gasteiger partial charge in [-0.3, -0.25) is 14.8 Å². The van der Waals surface area contributed by atoms with Crippen molar-refractivity contribution in [2.24, 2.45) is 5.73 Å². The summed E-state index contributed by atoms with van der Waals surface area (Å²) in [7, 11) is -3.75. The largest absolute Gasteiger partial charge is 0.449 e. The van der Waals surface area contributed by atoms with Crippen molar-refractivity contribution in [3.05, 3.63) is 71.1 Å². The third-order valence-corrected chi connectivity index (χ3v) is 4.53. The fourth-order valence-electron chi connectivity index (χ4n) is 2.11. The average Bonchev–Trinajstić information content (AvgIpc) is 2.67. The second-order valence-corrected chi connectivity index (χ2v) is 7.41. The van der Waals surface area contributed by atoms with E-state index in [2.05, 4.69) is 4.72 Å². The number of carbonyl (C=O) groups excluding carboxylic acids is 3. The molecule has 0 radical (unpaired) electrons. The van der Waals surface area contributed by atoms with Crippen LogP contribution < -0.4 is 15.8 Å². The Bertz CT molecular complexity index is 1020. The van der Waals surface area contributed by atoms with E-state index in [1.165, 1.54) is 37.3 Å². The van der Waals surface area contributed by atoms with E-state index in [1.54, 1.807) is 29.6 Å². The highest BCUT2D eigenvalue weighted by molar-refractivity contribution is 7.95. The summed E-state index contributed by atoms with van der Waals surface area (Å²) in [6.45, 7) is 1.28. The Morgan fingerprint density at radius 2 is 1.66 bits per heavy atom. The van der Waals surface area contributed by atoms with Crippen LogP contribution in [0.5, 0.6) is 0 Å². The maximum Gasteiger partial charge on any atom is 0.338 e. The van der Waals surface area contributed by atoms with Gasteiger partial charge in [0.25, 0.3) is 15.9 Å². The first-order valence-electron chi connectivity index (χ1n) is 8.33. The number of anilines is 1. The number of sulfonamides is 1. The summed E-state index contributed by atoms with van der Waals surface area (Å²) in [4.78, 5) is 34.2. The highest BCUT2D eigenvalue weighted by Gasteiger charge is 2.20. The SMILES string of the molecule is C[C@@H](OC(=O)c1ccc(NS(=O)(=O)/C=C/c2ccccc2)cc1)C(=O)NC(N)=O. The zero-order valence-corrected chi connectivity index (χ0v) is 16.2. The summed E-state index contributed by atoms with van der Waals surface area (Å²) in [5.74, 6) is -1.68. The lowest BCUT2D eigenvalue weighted by Crippen LogP contribution is -2.42. The standard InChI is InChI=1S/C19H19N3O6S/c1-13(17(23)21-19(20)25)28-18(24)15-7-9-16(10-8-15)22-29(26,27)12-11-14-5-3-2-4-6-14/h2-13,22H,1H3,(H3,20,21,23,25)/b12-11+/t13-/m1/s1. The lowest BCUT2D eigenvalue weighted by atomic mass is 10.2. The Kier molecular flexibility index (Phi) is 7.10. The molecule has 0 aliphatic carbocycles. The molecule has 1 atom stereocenters. The predicted molar refractivity (Wildman–Crippen MR) is 107 cm³/mol. The molecular weight excluding hydrogens is 398 g/mol. The molecule has 0 aliphatic heterocycles. The first-order valence-corrected chi connectivity index (χ1v) is 9.88. The molecule has 0 saturated heterocycles. The first-order chi connectivity index (χ1) is 13.7. The van der Waals surface area contributed by atoms with Crippen LogP contribution in [0, 0.1) is 0 Å². The molecule has 0 fully saturated rings. The Labute approximate surface area is 167 Å². The third-order valence-electron chi connectivity index (χ3n) is 3.52. The number of amides is 3. The number of nitrogens with two attached hydrogens (primary N) is 1. The van der Waals surface area contributed by atoms with Crippen molar-refractivity contribution in [1.82, 2.24) is 5.32 Å². The number of hydrogen-bond donors (Lipinski definition) is 3. The van der Waals surface area contributed by atoms with Gasteiger partial charge in [0, 0.05) is 5.69 Å². The Morgan fingerprint density at radius 1 is 1.03 bits per heavy atom. The molecule has 0 spiro atoms. The van der Waals surface area contributed by atoms with E-state index in [4.69, 9.17) is 10.5 Å². The van der Waals surface area contributed by atoms with Gasteiger partial charge in [-0.05, 0) is 42.8 Å². The molecule has 152 valence electrons. The molecule has 10 heteroatoms. The van der Waals surface area contributed by atoms with Gasteiger partial charge in [0.15, 0.2) is 6.10 Å². The lowest BCUT2D eigenvalue weighted by Gasteiger charge is -2.12. The highest BCUT2D eigenvalue weighted by Crippen LogP contribution is 2.14. The minimum atomic E-state index is -3.75. The van der Waals surface area contributed by atoms with Crippen LogP contribution in [-0.2, 0) is 19.6 Å². The minimum absolute atomic E-state index is 0.0894. The summed E-state index contributed by atoms with van der Waals surface area (Å²) in [5.41, 5.74) is 5.87. The van der Waals surface area contributed by atoms with Crippen LogP contribution in [0.25, 0.3) is 6.08 Å². The van der Waals surface area contributed by atoms with Gasteiger partial charge >= 0.3 is 12.0 Å². The van der Waals surface area contributed by atoms with Crippen LogP contribution in [-0.4, -0.2) is 32.4 Å². The molecule has 0 unspecified atom stereocenters. The van der Waals surface area contributed by atoms with Gasteiger partial charge in [0.05, 0.1) is 11.0 Å². The molecule has 2 rings (SSSR count). The van der Waals surface area contributed by atoms with E-state index in [-0.39, 0.29) is 11.3 Å². The predicted octanol–water partition coefficient (Wildman–Crippen LogP) is 1.84. The Balaban J connectivity index is 1.98. The quantitative estimate of drug-likeness (QED) is 0.586. The van der Waals surface area contributed by atoms with Crippen LogP contribution in [0.2, 0.25) is 0 Å². The third kappa shape index (κ3) is 7.11. The van der Waals surface area contributed by atoms with Crippen molar-refractivity contribution in [1.29, 1.82) is 0 Å². The summed E-state index contributed by atoms with van der Waals surface area (Å²) in [5, 5.41) is 2.83. The van der Waals surface area contributed by atoms with Crippen molar-refractivity contribution in [3.8, 4) is 0 Å². The number of benzene rings is 2. The molecule has 0 bridgehead atoms. The lowest BCUT2D eigenvalue weighted by molar-refractivity contribution is -0.127. The van der Waals surface area contributed by atoms with Crippen LogP contribution in [0.3, 0.4) is 0 Å². The monoisotopic (exact) mass is 417 g/mol. The van der Waals surface area contributed by atoms with Gasteiger partial charge in [-0.2, -0.15) is 0 Å². The van der Waals surface area contributed by atoms with Crippen LogP contribution in [0.15, 0.2) is 60.0 Å². The summed E-state index contributed by atoms with van der Waals surface area (Å²) in [6, 6.07) is 13.3. The van der Waals surface area contributed by atoms with E-state index in [9.17, 15) is 22.8 Å². The van der Waals surface area contributed by atoms with Crippen molar-refractivity contribution >= 4 is 39.7 Å². The van der Waals surface area contributed by atoms with E-state index in [0.717, 1.165) is 11.0 Å². The van der Waals surface area contributed by atoms with Crippen molar-refractivity contribution in [2.45, 2.75) is 13.0 Å². The Morgan fingerprint density at radius 3 is 2.24 bits per heavy atom. The van der Waals surface area contributed by atoms with Gasteiger partial charge in [-0.1, -0.05) is 30.3 Å². The minimum Gasteiger partial charge on any atom is -0.449 e. The van der Waals surface area contributed by atoms with E-state index < -0.39 is 34.0 Å². The van der Waals surface area contributed by atoms with Crippen molar-refractivity contribution in [3.63, 3.8) is 0 Å². The average molecular weight is 417 g/mol. The van der Waals surface area contributed by atoms with E-state index >= 15 is 0 Å². The van der Waals surface area contributed by atoms with Crippen molar-refractivity contribution in [2.75, 3.05) is 4.72 Å². The number of imide groups is 1. The molecule has 0 aromatic heterocycles. The van der Waals surface area contributed by atoms with Crippen LogP contribution >= 0.6 is 0 Å². The number of esters is 1. The maximum atomic E-state index is 12.1. The molecule has 0 heterocycles. The van der Waals surface area contributed by atoms with E-state index in [0.29, 0.717) is 0 Å². The van der Waals surface area contributed by atoms with Crippen LogP contribution in [0.4, 0.5) is 10.5 Å². The molecular formula is C19H19N3O6S. The van der Waals surface area contributed by atoms with Gasteiger partial charge in [0.2, 0.25) is 0 Å². The molecule has 9 nitrogen and oxygen atoms in total. The second kappa shape index (κ2) is 9.51. The van der Waals surface area contributed by atoms with Crippen molar-refractivity contribution < 1.29 is 27.5 Å². The topological polar surface area (TPSA) is 145 Å². The summed E-state index contributed by atoms with van der Waals surface area (Å²) < 4.78 is 31.5. The molecule has 2 aromatic carbocycles. The number of hydrogen-bond acceptors (Lipinski definition) is 6. The normalized spacial score (nSPS) is 12.2. The Hall–Kier alpha value is -3.66. The number of rotatable bonds is 7. The highest BCUT2D eigenvalue weighted by atomic mass is 32.2. The molecule has 4 N–H and O–H groups in total. The smallest absolute Gasteiger partial charge is 0.338 e. The zero-order valence-electron chi connectivity index (χ0n) is 15.4. The first kappa shape index (κ1) is 21.6. The summed E-state index contributed by atoms with van der Waals surface area (Å²) in [6.07, 6.45) is 0.211. The van der Waals surface area contributed by atoms with Gasteiger partial charge < -0.3 is 10.5 Å².